The summed E-state index contributed by atoms with van der Waals surface area (Å²) >= 11 is 3.36. The molecule has 126 valence electrons. The van der Waals surface area contributed by atoms with Crippen molar-refractivity contribution in [1.82, 2.24) is 0 Å². The molecule has 0 saturated heterocycles. The minimum absolute atomic E-state index is 0.0767. The summed E-state index contributed by atoms with van der Waals surface area (Å²) in [5.41, 5.74) is 1.53. The Morgan fingerprint density at radius 1 is 1.12 bits per heavy atom. The number of nitro benzene ring substituents is 1. The largest absolute Gasteiger partial charge is 0.451 e. The Bertz CT molecular complexity index is 948. The molecule has 6 nitrogen and oxygen atoms in total. The summed E-state index contributed by atoms with van der Waals surface area (Å²) in [7, 11) is 0. The van der Waals surface area contributed by atoms with Crippen molar-refractivity contribution in [2.24, 2.45) is 0 Å². The third-order valence-corrected chi connectivity index (χ3v) is 4.09. The van der Waals surface area contributed by atoms with Crippen LogP contribution < -0.4 is 5.32 Å². The van der Waals surface area contributed by atoms with Crippen LogP contribution in [0.5, 0.6) is 0 Å². The fraction of sp³-hybridized carbons (Fsp3) is 0.0556. The Balaban J connectivity index is 1.83. The predicted molar refractivity (Wildman–Crippen MR) is 97.6 cm³/mol. The van der Waals surface area contributed by atoms with Gasteiger partial charge in [-0.3, -0.25) is 14.9 Å². The zero-order valence-corrected chi connectivity index (χ0v) is 14.7. The fourth-order valence-electron chi connectivity index (χ4n) is 2.31. The summed E-state index contributed by atoms with van der Waals surface area (Å²) in [5, 5.41) is 13.7. The maximum absolute atomic E-state index is 12.3. The van der Waals surface area contributed by atoms with E-state index in [4.69, 9.17) is 4.42 Å². The molecule has 1 aromatic heterocycles. The Hall–Kier alpha value is -2.93. The van der Waals surface area contributed by atoms with Crippen molar-refractivity contribution in [1.29, 1.82) is 0 Å². The standard InChI is InChI=1S/C18H13BrN2O4/c1-11-2-7-14(15(10-11)21(23)24)20-18(22)17-9-8-16(25-17)12-3-5-13(19)6-4-12/h2-10H,1H3,(H,20,22). The minimum Gasteiger partial charge on any atom is -0.451 e. The molecule has 25 heavy (non-hydrogen) atoms. The van der Waals surface area contributed by atoms with Gasteiger partial charge in [0.05, 0.1) is 4.92 Å². The number of anilines is 1. The molecule has 0 bridgehead atoms. The zero-order valence-electron chi connectivity index (χ0n) is 13.2. The lowest BCUT2D eigenvalue weighted by Gasteiger charge is -2.05. The highest BCUT2D eigenvalue weighted by atomic mass is 79.9. The average molecular weight is 401 g/mol. The number of rotatable bonds is 4. The van der Waals surface area contributed by atoms with E-state index in [2.05, 4.69) is 21.2 Å². The van der Waals surface area contributed by atoms with Gasteiger partial charge in [0.1, 0.15) is 11.4 Å². The van der Waals surface area contributed by atoms with Crippen molar-refractivity contribution < 1.29 is 14.1 Å². The third-order valence-electron chi connectivity index (χ3n) is 3.56. The third kappa shape index (κ3) is 3.77. The quantitative estimate of drug-likeness (QED) is 0.482. The Morgan fingerprint density at radius 2 is 1.84 bits per heavy atom. The summed E-state index contributed by atoms with van der Waals surface area (Å²) in [5.74, 6) is 0.0687. The molecule has 1 heterocycles. The molecule has 0 aliphatic heterocycles. The number of nitro groups is 1. The van der Waals surface area contributed by atoms with Gasteiger partial charge in [-0.05, 0) is 42.8 Å². The monoisotopic (exact) mass is 400 g/mol. The second-order valence-electron chi connectivity index (χ2n) is 5.40. The molecular formula is C18H13BrN2O4. The molecular weight excluding hydrogens is 388 g/mol. The molecule has 0 aliphatic rings. The molecule has 0 aliphatic carbocycles. The number of furan rings is 1. The number of benzene rings is 2. The van der Waals surface area contributed by atoms with E-state index in [0.717, 1.165) is 15.6 Å². The van der Waals surface area contributed by atoms with Crippen LogP contribution in [0.25, 0.3) is 11.3 Å². The lowest BCUT2D eigenvalue weighted by molar-refractivity contribution is -0.384. The van der Waals surface area contributed by atoms with Gasteiger partial charge in [-0.15, -0.1) is 0 Å². The molecule has 3 rings (SSSR count). The number of aryl methyl sites for hydroxylation is 1. The van der Waals surface area contributed by atoms with Crippen LogP contribution in [0.15, 0.2) is 63.5 Å². The summed E-state index contributed by atoms with van der Waals surface area (Å²) in [6.45, 7) is 1.75. The Labute approximate surface area is 151 Å². The number of hydrogen-bond donors (Lipinski definition) is 1. The first-order chi connectivity index (χ1) is 11.9. The highest BCUT2D eigenvalue weighted by molar-refractivity contribution is 9.10. The first-order valence-corrected chi connectivity index (χ1v) is 8.15. The van der Waals surface area contributed by atoms with E-state index in [1.54, 1.807) is 19.1 Å². The number of hydrogen-bond acceptors (Lipinski definition) is 4. The van der Waals surface area contributed by atoms with Crippen LogP contribution in [0.1, 0.15) is 16.1 Å². The molecule has 0 fully saturated rings. The number of halogens is 1. The smallest absolute Gasteiger partial charge is 0.293 e. The SMILES string of the molecule is Cc1ccc(NC(=O)c2ccc(-c3ccc(Br)cc3)o2)c([N+](=O)[O-])c1. The highest BCUT2D eigenvalue weighted by Crippen LogP contribution is 2.27. The van der Waals surface area contributed by atoms with Gasteiger partial charge in [-0.1, -0.05) is 34.1 Å². The van der Waals surface area contributed by atoms with Crippen LogP contribution in [-0.2, 0) is 0 Å². The zero-order chi connectivity index (χ0) is 18.0. The number of carbonyl (C=O) groups excluding carboxylic acids is 1. The Morgan fingerprint density at radius 3 is 2.52 bits per heavy atom. The van der Waals surface area contributed by atoms with Gasteiger partial charge in [-0.25, -0.2) is 0 Å². The molecule has 0 unspecified atom stereocenters. The number of nitrogens with one attached hydrogen (secondary N) is 1. The van der Waals surface area contributed by atoms with Gasteiger partial charge in [0.15, 0.2) is 5.76 Å². The van der Waals surface area contributed by atoms with E-state index in [-0.39, 0.29) is 17.1 Å². The maximum atomic E-state index is 12.3. The molecule has 0 spiro atoms. The first-order valence-electron chi connectivity index (χ1n) is 7.36. The van der Waals surface area contributed by atoms with Crippen LogP contribution >= 0.6 is 15.9 Å². The number of nitrogens with zero attached hydrogens (tertiary/aromatic N) is 1. The van der Waals surface area contributed by atoms with E-state index in [9.17, 15) is 14.9 Å². The second-order valence-corrected chi connectivity index (χ2v) is 6.32. The summed E-state index contributed by atoms with van der Waals surface area (Å²) in [6, 6.07) is 15.3. The van der Waals surface area contributed by atoms with Gasteiger partial charge in [0.25, 0.3) is 11.6 Å². The second kappa shape index (κ2) is 6.90. The van der Waals surface area contributed by atoms with Crippen LogP contribution in [0.4, 0.5) is 11.4 Å². The maximum Gasteiger partial charge on any atom is 0.293 e. The van der Waals surface area contributed by atoms with Gasteiger partial charge < -0.3 is 9.73 Å². The molecule has 0 saturated carbocycles. The van der Waals surface area contributed by atoms with E-state index in [0.29, 0.717) is 5.76 Å². The minimum atomic E-state index is -0.546. The average Bonchev–Trinajstić information content (AvgIpc) is 3.07. The fourth-order valence-corrected chi connectivity index (χ4v) is 2.58. The lowest BCUT2D eigenvalue weighted by Crippen LogP contribution is -2.12. The normalized spacial score (nSPS) is 10.5. The molecule has 3 aromatic rings. The summed E-state index contributed by atoms with van der Waals surface area (Å²) in [6.07, 6.45) is 0. The van der Waals surface area contributed by atoms with E-state index in [1.165, 1.54) is 18.2 Å². The number of carbonyl (C=O) groups is 1. The van der Waals surface area contributed by atoms with Crippen molar-refractivity contribution >= 4 is 33.2 Å². The van der Waals surface area contributed by atoms with Crippen LogP contribution in [0, 0.1) is 17.0 Å². The van der Waals surface area contributed by atoms with Crippen molar-refractivity contribution in [2.45, 2.75) is 6.92 Å². The molecule has 0 atom stereocenters. The van der Waals surface area contributed by atoms with Gasteiger partial charge >= 0.3 is 0 Å². The first kappa shape index (κ1) is 16.9. The van der Waals surface area contributed by atoms with Crippen molar-refractivity contribution in [3.05, 3.63) is 80.5 Å². The van der Waals surface area contributed by atoms with Crippen molar-refractivity contribution in [3.8, 4) is 11.3 Å². The van der Waals surface area contributed by atoms with Crippen LogP contribution in [0.2, 0.25) is 0 Å². The van der Waals surface area contributed by atoms with Gasteiger partial charge in [-0.2, -0.15) is 0 Å². The van der Waals surface area contributed by atoms with Crippen LogP contribution in [0.3, 0.4) is 0 Å². The van der Waals surface area contributed by atoms with Crippen molar-refractivity contribution in [2.75, 3.05) is 5.32 Å². The number of amides is 1. The topological polar surface area (TPSA) is 85.4 Å². The Kier molecular flexibility index (Phi) is 4.67. The molecule has 1 N–H and O–H groups in total. The molecule has 0 radical (unpaired) electrons. The molecule has 1 amide bonds. The van der Waals surface area contributed by atoms with Gasteiger partial charge in [0, 0.05) is 16.1 Å². The van der Waals surface area contributed by atoms with Gasteiger partial charge in [0.2, 0.25) is 0 Å². The van der Waals surface area contributed by atoms with E-state index >= 15 is 0 Å². The van der Waals surface area contributed by atoms with E-state index in [1.807, 2.05) is 24.3 Å². The summed E-state index contributed by atoms with van der Waals surface area (Å²) in [4.78, 5) is 22.9. The van der Waals surface area contributed by atoms with Crippen LogP contribution in [-0.4, -0.2) is 10.8 Å². The van der Waals surface area contributed by atoms with Crippen molar-refractivity contribution in [3.63, 3.8) is 0 Å². The molecule has 7 heteroatoms. The highest BCUT2D eigenvalue weighted by Gasteiger charge is 2.19. The lowest BCUT2D eigenvalue weighted by atomic mass is 10.2. The summed E-state index contributed by atoms with van der Waals surface area (Å²) < 4.78 is 6.51. The predicted octanol–water partition coefficient (Wildman–Crippen LogP) is 5.18. The molecule has 2 aromatic carbocycles. The van der Waals surface area contributed by atoms with E-state index < -0.39 is 10.8 Å².